The molecule has 1 N–H and O–H groups in total. The first-order valence-electron chi connectivity index (χ1n) is 2.93. The van der Waals surface area contributed by atoms with E-state index in [2.05, 4.69) is 22.3 Å². The number of nitrogens with one attached hydrogen (secondary N) is 1. The van der Waals surface area contributed by atoms with Crippen LogP contribution in [0.2, 0.25) is 0 Å². The number of benzene rings is 1. The van der Waals surface area contributed by atoms with Gasteiger partial charge in [0.05, 0.1) is 5.52 Å². The Balaban J connectivity index is 2.74. The molecule has 0 aromatic carbocycles. The Morgan fingerprint density at radius 1 is 1.33 bits per heavy atom. The Morgan fingerprint density at radius 2 is 2.33 bits per heavy atom. The third kappa shape index (κ3) is 0.286. The highest BCUT2D eigenvalue weighted by molar-refractivity contribution is 6.07. The van der Waals surface area contributed by atoms with Crippen molar-refractivity contribution in [2.45, 2.75) is 0 Å². The molecule has 42 valence electrons. The van der Waals surface area contributed by atoms with E-state index in [4.69, 9.17) is 0 Å². The van der Waals surface area contributed by atoms with Crippen LogP contribution in [0, 0.1) is 0 Å². The summed E-state index contributed by atoms with van der Waals surface area (Å²) in [5, 5.41) is 8.13. The summed E-state index contributed by atoms with van der Waals surface area (Å²) >= 11 is 0. The van der Waals surface area contributed by atoms with E-state index in [9.17, 15) is 0 Å². The smallest absolute Gasteiger partial charge is 0.0933 e. The van der Waals surface area contributed by atoms with Crippen molar-refractivity contribution in [3.05, 3.63) is 18.3 Å². The molecule has 2 nitrogen and oxygen atoms in total. The van der Waals surface area contributed by atoms with Crippen molar-refractivity contribution >= 4 is 10.9 Å². The van der Waals surface area contributed by atoms with Gasteiger partial charge in [-0.25, -0.2) is 0 Å². The molecule has 1 aromatic heterocycles. The molecule has 2 aliphatic carbocycles. The molecule has 0 amide bonds. The lowest BCUT2D eigenvalue weighted by atomic mass is 10.4. The standard InChI is InChI=1S/C7H4N2/c1-4-2-7-6(5(1)4)3-8-9-7/h1-3H,(H,8,9). The number of fused-ring (bicyclic) bond motifs is 3. The zero-order chi connectivity index (χ0) is 5.84. The average Bonchev–Trinajstić information content (AvgIpc) is 2.38. The van der Waals surface area contributed by atoms with E-state index in [1.54, 1.807) is 0 Å². The van der Waals surface area contributed by atoms with Crippen LogP contribution in [-0.2, 0) is 0 Å². The number of aromatic nitrogens is 2. The van der Waals surface area contributed by atoms with Gasteiger partial charge in [-0.1, -0.05) is 0 Å². The third-order valence-electron chi connectivity index (χ3n) is 1.78. The van der Waals surface area contributed by atoms with Crippen LogP contribution in [0.3, 0.4) is 0 Å². The predicted molar refractivity (Wildman–Crippen MR) is 35.1 cm³/mol. The van der Waals surface area contributed by atoms with Crippen molar-refractivity contribution in [3.63, 3.8) is 0 Å². The molecule has 0 aliphatic heterocycles. The Hall–Kier alpha value is -1.31. The third-order valence-corrected chi connectivity index (χ3v) is 1.78. The summed E-state index contributed by atoms with van der Waals surface area (Å²) in [6.45, 7) is 0. The van der Waals surface area contributed by atoms with Crippen molar-refractivity contribution < 1.29 is 0 Å². The molecule has 0 unspecified atom stereocenters. The van der Waals surface area contributed by atoms with Crippen molar-refractivity contribution in [1.82, 2.24) is 10.2 Å². The number of nitrogens with zero attached hydrogens (tertiary/aromatic N) is 1. The molecule has 0 saturated carbocycles. The van der Waals surface area contributed by atoms with Gasteiger partial charge in [0.15, 0.2) is 0 Å². The van der Waals surface area contributed by atoms with Crippen LogP contribution in [-0.4, -0.2) is 10.2 Å². The highest BCUT2D eigenvalue weighted by Crippen LogP contribution is 2.41. The first-order chi connectivity index (χ1) is 4.45. The summed E-state index contributed by atoms with van der Waals surface area (Å²) in [7, 11) is 0. The number of hydrogen-bond donors (Lipinski definition) is 1. The summed E-state index contributed by atoms with van der Waals surface area (Å²) in [4.78, 5) is 0. The van der Waals surface area contributed by atoms with Gasteiger partial charge < -0.3 is 0 Å². The highest BCUT2D eigenvalue weighted by Gasteiger charge is 2.17. The fourth-order valence-electron chi connectivity index (χ4n) is 1.25. The molecule has 2 aliphatic rings. The normalized spacial score (nSPS) is 12.4. The van der Waals surface area contributed by atoms with E-state index in [-0.39, 0.29) is 0 Å². The Bertz CT molecular complexity index is 387. The number of hydrogen-bond acceptors (Lipinski definition) is 1. The average molecular weight is 116 g/mol. The van der Waals surface area contributed by atoms with Crippen molar-refractivity contribution in [2.24, 2.45) is 0 Å². The fourth-order valence-corrected chi connectivity index (χ4v) is 1.25. The van der Waals surface area contributed by atoms with Gasteiger partial charge in [0.25, 0.3) is 0 Å². The second-order valence-corrected chi connectivity index (χ2v) is 2.34. The number of rotatable bonds is 0. The van der Waals surface area contributed by atoms with Crippen LogP contribution in [0.25, 0.3) is 22.0 Å². The molecule has 0 atom stereocenters. The number of aromatic amines is 1. The van der Waals surface area contributed by atoms with Crippen molar-refractivity contribution in [2.75, 3.05) is 0 Å². The fraction of sp³-hybridized carbons (Fsp3) is 0. The number of H-pyrrole nitrogens is 1. The monoisotopic (exact) mass is 116 g/mol. The van der Waals surface area contributed by atoms with Crippen LogP contribution in [0.4, 0.5) is 0 Å². The van der Waals surface area contributed by atoms with Gasteiger partial charge in [0.2, 0.25) is 0 Å². The molecule has 9 heavy (non-hydrogen) atoms. The first kappa shape index (κ1) is 3.67. The van der Waals surface area contributed by atoms with Gasteiger partial charge in [0, 0.05) is 11.6 Å². The van der Waals surface area contributed by atoms with Gasteiger partial charge in [-0.05, 0) is 23.3 Å². The van der Waals surface area contributed by atoms with Gasteiger partial charge >= 0.3 is 0 Å². The minimum absolute atomic E-state index is 1.10. The Labute approximate surface area is 51.5 Å². The lowest BCUT2D eigenvalue weighted by molar-refractivity contribution is 1.12. The van der Waals surface area contributed by atoms with Gasteiger partial charge in [-0.3, -0.25) is 5.10 Å². The van der Waals surface area contributed by atoms with E-state index in [0.717, 1.165) is 5.52 Å². The molecular weight excluding hydrogens is 112 g/mol. The molecule has 0 bridgehead atoms. The summed E-state index contributed by atoms with van der Waals surface area (Å²) in [5.74, 6) is 0. The second kappa shape index (κ2) is 0.880. The van der Waals surface area contributed by atoms with Crippen LogP contribution >= 0.6 is 0 Å². The second-order valence-electron chi connectivity index (χ2n) is 2.34. The van der Waals surface area contributed by atoms with E-state index >= 15 is 0 Å². The maximum Gasteiger partial charge on any atom is 0.0933 e. The van der Waals surface area contributed by atoms with Gasteiger partial charge in [-0.2, -0.15) is 5.10 Å². The lowest BCUT2D eigenvalue weighted by Crippen LogP contribution is -1.59. The van der Waals surface area contributed by atoms with Crippen LogP contribution in [0.15, 0.2) is 18.3 Å². The molecule has 1 aromatic rings. The zero-order valence-corrected chi connectivity index (χ0v) is 4.68. The van der Waals surface area contributed by atoms with Gasteiger partial charge in [0.1, 0.15) is 0 Å². The zero-order valence-electron chi connectivity index (χ0n) is 4.68. The van der Waals surface area contributed by atoms with E-state index in [0.29, 0.717) is 0 Å². The molecule has 3 rings (SSSR count). The van der Waals surface area contributed by atoms with Crippen LogP contribution in [0.1, 0.15) is 0 Å². The lowest BCUT2D eigenvalue weighted by Gasteiger charge is -1.66. The molecule has 0 radical (unpaired) electrons. The van der Waals surface area contributed by atoms with E-state index < -0.39 is 0 Å². The Kier molecular flexibility index (Phi) is 0.358. The maximum absolute atomic E-state index is 4.04. The largest absolute Gasteiger partial charge is 0.284 e. The molecule has 1 heterocycles. The molecule has 0 fully saturated rings. The van der Waals surface area contributed by atoms with E-state index in [1.807, 2.05) is 6.20 Å². The SMILES string of the molecule is c1c2cc3n[nH]cc3c1-2. The topological polar surface area (TPSA) is 28.7 Å². The van der Waals surface area contributed by atoms with E-state index in [1.165, 1.54) is 16.5 Å². The van der Waals surface area contributed by atoms with Crippen LogP contribution < -0.4 is 0 Å². The maximum atomic E-state index is 4.04. The Morgan fingerprint density at radius 3 is 3.22 bits per heavy atom. The first-order valence-corrected chi connectivity index (χ1v) is 2.93. The minimum atomic E-state index is 1.10. The molecule has 2 heteroatoms. The summed E-state index contributed by atoms with van der Waals surface area (Å²) in [6, 6.07) is 4.26. The summed E-state index contributed by atoms with van der Waals surface area (Å²) in [6.07, 6.45) is 1.94. The predicted octanol–water partition coefficient (Wildman–Crippen LogP) is 1.54. The quantitative estimate of drug-likeness (QED) is 0.474. The minimum Gasteiger partial charge on any atom is -0.284 e. The summed E-state index contributed by atoms with van der Waals surface area (Å²) in [5.41, 5.74) is 3.84. The van der Waals surface area contributed by atoms with Crippen LogP contribution in [0.5, 0.6) is 0 Å². The van der Waals surface area contributed by atoms with Crippen molar-refractivity contribution in [1.29, 1.82) is 0 Å². The summed E-state index contributed by atoms with van der Waals surface area (Å²) < 4.78 is 0. The molecule has 0 saturated heterocycles. The van der Waals surface area contributed by atoms with Gasteiger partial charge in [-0.15, -0.1) is 0 Å². The molecule has 0 spiro atoms. The van der Waals surface area contributed by atoms with Crippen molar-refractivity contribution in [3.8, 4) is 11.1 Å². The molecular formula is C7H4N2. The highest BCUT2D eigenvalue weighted by atomic mass is 15.1.